The van der Waals surface area contributed by atoms with Crippen LogP contribution in [0, 0.1) is 0 Å². The number of hydrogen-bond acceptors (Lipinski definition) is 5. The molecule has 0 unspecified atom stereocenters. The summed E-state index contributed by atoms with van der Waals surface area (Å²) in [6.45, 7) is 0.249. The number of alkyl carbamates (subject to hydrolysis) is 1. The molecule has 1 aliphatic carbocycles. The minimum Gasteiger partial charge on any atom is -0.497 e. The van der Waals surface area contributed by atoms with Crippen LogP contribution in [0.4, 0.5) is 4.79 Å². The average Bonchev–Trinajstić information content (AvgIpc) is 3.29. The van der Waals surface area contributed by atoms with Gasteiger partial charge in [-0.3, -0.25) is 0 Å². The van der Waals surface area contributed by atoms with Gasteiger partial charge in [-0.15, -0.1) is 0 Å². The predicted molar refractivity (Wildman–Crippen MR) is 152 cm³/mol. The molecule has 6 nitrogen and oxygen atoms in total. The van der Waals surface area contributed by atoms with Gasteiger partial charge in [0.2, 0.25) is 0 Å². The molecule has 0 spiro atoms. The van der Waals surface area contributed by atoms with Gasteiger partial charge < -0.3 is 19.5 Å². The number of hydrogen-bond donors (Lipinski definition) is 1. The molecule has 0 aromatic heterocycles. The average molecular weight is 524 g/mol. The van der Waals surface area contributed by atoms with Crippen LogP contribution in [-0.2, 0) is 27.3 Å². The highest BCUT2D eigenvalue weighted by molar-refractivity contribution is 5.82. The van der Waals surface area contributed by atoms with Crippen LogP contribution in [0.1, 0.15) is 35.6 Å². The fourth-order valence-corrected chi connectivity index (χ4v) is 4.80. The first-order chi connectivity index (χ1) is 18.6. The van der Waals surface area contributed by atoms with Crippen molar-refractivity contribution in [3.8, 4) is 16.9 Å². The van der Waals surface area contributed by atoms with Crippen molar-refractivity contribution in [1.82, 2.24) is 5.32 Å². The van der Waals surface area contributed by atoms with Crippen LogP contribution in [-0.4, -0.2) is 31.8 Å². The number of methoxy groups -OCH3 is 1. The van der Waals surface area contributed by atoms with Gasteiger partial charge in [0, 0.05) is 12.3 Å². The minimum atomic E-state index is -0.897. The smallest absolute Gasteiger partial charge is 0.407 e. The lowest BCUT2D eigenvalue weighted by Crippen LogP contribution is -2.43. The highest BCUT2D eigenvalue weighted by atomic mass is 16.6. The Morgan fingerprint density at radius 3 is 1.95 bits per heavy atom. The van der Waals surface area contributed by atoms with E-state index >= 15 is 0 Å². The zero-order valence-corrected chi connectivity index (χ0v) is 21.1. The molecule has 0 bridgehead atoms. The molecule has 1 amide bonds. The fourth-order valence-electron chi connectivity index (χ4n) is 4.80. The van der Waals surface area contributed by atoms with E-state index in [2.05, 4.69) is 29.6 Å². The summed E-state index contributed by atoms with van der Waals surface area (Å²) in [6, 6.07) is 32.2. The Labute approximate surface area is 229 Å². The fraction of sp³-hybridized carbons (Fsp3) is 0.212. The van der Waals surface area contributed by atoms with Gasteiger partial charge in [-0.05, 0) is 45.5 Å². The zero-order valence-electron chi connectivity index (χ0n) is 21.1. The first-order valence-electron chi connectivity index (χ1n) is 12.6. The van der Waals surface area contributed by atoms with Gasteiger partial charge in [0.05, 0.1) is 7.11 Å². The Hall–Kier alpha value is -4.58. The second kappa shape index (κ2) is 12.8. The monoisotopic (exact) mass is 523 g/mol. The Morgan fingerprint density at radius 2 is 1.33 bits per heavy atom. The Balaban J connectivity index is 0.00000353. The summed E-state index contributed by atoms with van der Waals surface area (Å²) in [7, 11) is 1.60. The molecule has 0 aliphatic heterocycles. The van der Waals surface area contributed by atoms with E-state index in [-0.39, 0.29) is 33.0 Å². The summed E-state index contributed by atoms with van der Waals surface area (Å²) in [6.07, 6.45) is -0.374. The van der Waals surface area contributed by atoms with Crippen molar-refractivity contribution < 1.29 is 23.8 Å². The maximum atomic E-state index is 13.1. The topological polar surface area (TPSA) is 73.9 Å². The van der Waals surface area contributed by atoms with Crippen LogP contribution < -0.4 is 10.1 Å². The van der Waals surface area contributed by atoms with Crippen molar-refractivity contribution in [2.75, 3.05) is 13.7 Å². The van der Waals surface area contributed by atoms with E-state index in [1.165, 1.54) is 0 Å². The first kappa shape index (κ1) is 27.5. The number of benzene rings is 4. The highest BCUT2D eigenvalue weighted by Crippen LogP contribution is 2.44. The predicted octanol–water partition coefficient (Wildman–Crippen LogP) is 6.52. The van der Waals surface area contributed by atoms with Gasteiger partial charge in [-0.2, -0.15) is 0 Å². The van der Waals surface area contributed by atoms with E-state index in [4.69, 9.17) is 14.2 Å². The third-order valence-electron chi connectivity index (χ3n) is 6.74. The molecule has 0 fully saturated rings. The Bertz CT molecular complexity index is 1360. The van der Waals surface area contributed by atoms with E-state index in [1.807, 2.05) is 66.7 Å². The Kier molecular flexibility index (Phi) is 9.00. The molecule has 1 N–H and O–H groups in total. The summed E-state index contributed by atoms with van der Waals surface area (Å²) in [5, 5.41) is 2.74. The standard InChI is InChI=1S/C32H29NO5.CH4/c1-36-24-17-15-23(16-18-24)20-37-31(34)30(19-22-9-3-2-4-10-22)33-32(35)38-21-29-27-13-7-5-11-25(27)26-12-6-8-14-28(26)29;/h2-18,29-30H,19-21H2,1H3,(H,33,35);1H4/t30-;/m1./s1. The van der Waals surface area contributed by atoms with Crippen LogP contribution in [0.25, 0.3) is 11.1 Å². The van der Waals surface area contributed by atoms with Gasteiger partial charge in [-0.1, -0.05) is 98.4 Å². The van der Waals surface area contributed by atoms with E-state index in [1.54, 1.807) is 19.2 Å². The van der Waals surface area contributed by atoms with Crippen LogP contribution in [0.2, 0.25) is 0 Å². The summed E-state index contributed by atoms with van der Waals surface area (Å²) in [5.41, 5.74) is 6.28. The lowest BCUT2D eigenvalue weighted by Gasteiger charge is -2.19. The number of fused-ring (bicyclic) bond motifs is 3. The lowest BCUT2D eigenvalue weighted by atomic mass is 9.98. The molecule has 0 saturated heterocycles. The quantitative estimate of drug-likeness (QED) is 0.253. The van der Waals surface area contributed by atoms with Crippen molar-refractivity contribution >= 4 is 12.1 Å². The molecule has 6 heteroatoms. The van der Waals surface area contributed by atoms with E-state index in [0.717, 1.165) is 39.1 Å². The third kappa shape index (κ3) is 6.47. The molecule has 4 aromatic carbocycles. The molecule has 0 radical (unpaired) electrons. The molecule has 0 heterocycles. The zero-order chi connectivity index (χ0) is 26.3. The van der Waals surface area contributed by atoms with E-state index in [9.17, 15) is 9.59 Å². The largest absolute Gasteiger partial charge is 0.497 e. The molecule has 1 atom stereocenters. The molecule has 39 heavy (non-hydrogen) atoms. The van der Waals surface area contributed by atoms with E-state index in [0.29, 0.717) is 0 Å². The van der Waals surface area contributed by atoms with Crippen molar-refractivity contribution in [2.45, 2.75) is 32.4 Å². The lowest BCUT2D eigenvalue weighted by molar-refractivity contribution is -0.147. The summed E-state index contributed by atoms with van der Waals surface area (Å²) in [4.78, 5) is 26.0. The maximum Gasteiger partial charge on any atom is 0.407 e. The van der Waals surface area contributed by atoms with Crippen LogP contribution in [0.3, 0.4) is 0 Å². The van der Waals surface area contributed by atoms with Crippen molar-refractivity contribution in [3.63, 3.8) is 0 Å². The van der Waals surface area contributed by atoms with Gasteiger partial charge in [0.25, 0.3) is 0 Å². The number of ether oxygens (including phenoxy) is 3. The third-order valence-corrected chi connectivity index (χ3v) is 6.74. The molecule has 0 saturated carbocycles. The maximum absolute atomic E-state index is 13.1. The molecule has 5 rings (SSSR count). The number of nitrogens with one attached hydrogen (secondary N) is 1. The van der Waals surface area contributed by atoms with Crippen molar-refractivity contribution in [2.24, 2.45) is 0 Å². The minimum absolute atomic E-state index is 0. The summed E-state index contributed by atoms with van der Waals surface area (Å²) < 4.78 is 16.4. The second-order valence-corrected chi connectivity index (χ2v) is 9.17. The summed E-state index contributed by atoms with van der Waals surface area (Å²) in [5.74, 6) is 0.125. The number of carbonyl (C=O) groups excluding carboxylic acids is 2. The summed E-state index contributed by atoms with van der Waals surface area (Å²) >= 11 is 0. The van der Waals surface area contributed by atoms with Crippen LogP contribution in [0.15, 0.2) is 103 Å². The second-order valence-electron chi connectivity index (χ2n) is 9.17. The molecular formula is C33H33NO5. The number of esters is 1. The normalized spacial score (nSPS) is 12.3. The van der Waals surface area contributed by atoms with Crippen LogP contribution >= 0.6 is 0 Å². The van der Waals surface area contributed by atoms with Crippen LogP contribution in [0.5, 0.6) is 5.75 Å². The molecule has 1 aliphatic rings. The van der Waals surface area contributed by atoms with Gasteiger partial charge in [0.1, 0.15) is 25.0 Å². The molecule has 200 valence electrons. The number of carbonyl (C=O) groups is 2. The first-order valence-corrected chi connectivity index (χ1v) is 12.6. The van der Waals surface area contributed by atoms with Gasteiger partial charge >= 0.3 is 12.1 Å². The number of amides is 1. The molecule has 4 aromatic rings. The Morgan fingerprint density at radius 1 is 0.744 bits per heavy atom. The van der Waals surface area contributed by atoms with Crippen molar-refractivity contribution in [1.29, 1.82) is 0 Å². The number of rotatable bonds is 9. The van der Waals surface area contributed by atoms with E-state index < -0.39 is 18.1 Å². The molecular weight excluding hydrogens is 490 g/mol. The SMILES string of the molecule is C.COc1ccc(COC(=O)[C@@H](Cc2ccccc2)NC(=O)OCC2c3ccccc3-c3ccccc32)cc1. The van der Waals surface area contributed by atoms with Crippen molar-refractivity contribution in [3.05, 3.63) is 125 Å². The van der Waals surface area contributed by atoms with Gasteiger partial charge in [-0.25, -0.2) is 9.59 Å². The van der Waals surface area contributed by atoms with Gasteiger partial charge in [0.15, 0.2) is 0 Å². The highest BCUT2D eigenvalue weighted by Gasteiger charge is 2.30.